The van der Waals surface area contributed by atoms with Crippen LogP contribution in [-0.2, 0) is 0 Å². The number of nitrogens with zero attached hydrogens (tertiary/aromatic N) is 4. The predicted molar refractivity (Wildman–Crippen MR) is 101 cm³/mol. The molecule has 3 heterocycles. The molecular formula is C20H27F3N6O. The second kappa shape index (κ2) is 5.89. The molecule has 1 aromatic rings. The van der Waals surface area contributed by atoms with Crippen molar-refractivity contribution in [2.75, 3.05) is 32.7 Å². The van der Waals surface area contributed by atoms with Crippen LogP contribution in [0, 0.1) is 16.7 Å². The molecular weight excluding hydrogens is 397 g/mol. The van der Waals surface area contributed by atoms with Crippen molar-refractivity contribution in [1.29, 1.82) is 0 Å². The molecule has 2 N–H and O–H groups in total. The van der Waals surface area contributed by atoms with Gasteiger partial charge in [-0.2, -0.15) is 18.3 Å². The Kier molecular flexibility index (Phi) is 3.71. The van der Waals surface area contributed by atoms with Gasteiger partial charge in [0.25, 0.3) is 0 Å². The molecule has 0 aromatic carbocycles. The van der Waals surface area contributed by atoms with Crippen LogP contribution in [0.5, 0.6) is 0 Å². The summed E-state index contributed by atoms with van der Waals surface area (Å²) in [5.74, 6) is 1.69. The van der Waals surface area contributed by atoms with Crippen LogP contribution in [0.15, 0.2) is 6.33 Å². The minimum Gasteiger partial charge on any atom is -0.323 e. The van der Waals surface area contributed by atoms with Crippen LogP contribution in [0.4, 0.5) is 18.0 Å². The molecule has 30 heavy (non-hydrogen) atoms. The standard InChI is InChI=1S/C20H27F3N6O/c21-20(22,23)19(1-2-19)25-7-13-3-17(4-13)8-28(9-17)16(30)29-10-18(11-29)5-14(6-18)15-24-12-26-27-15/h12-14,25H,1-11H2,(H,24,26,27). The van der Waals surface area contributed by atoms with Crippen molar-refractivity contribution in [3.05, 3.63) is 12.2 Å². The summed E-state index contributed by atoms with van der Waals surface area (Å²) in [6, 6.07) is 0.130. The topological polar surface area (TPSA) is 77.2 Å². The maximum Gasteiger partial charge on any atom is 0.406 e. The highest BCUT2D eigenvalue weighted by molar-refractivity contribution is 5.77. The third kappa shape index (κ3) is 2.78. The maximum absolute atomic E-state index is 13.0. The van der Waals surface area contributed by atoms with E-state index in [9.17, 15) is 18.0 Å². The zero-order valence-electron chi connectivity index (χ0n) is 16.8. The molecule has 6 rings (SSSR count). The third-order valence-corrected chi connectivity index (χ3v) is 8.29. The van der Waals surface area contributed by atoms with Gasteiger partial charge in [0.2, 0.25) is 0 Å². The highest BCUT2D eigenvalue weighted by Crippen LogP contribution is 2.57. The van der Waals surface area contributed by atoms with E-state index < -0.39 is 11.7 Å². The quantitative estimate of drug-likeness (QED) is 0.779. The lowest BCUT2D eigenvalue weighted by Crippen LogP contribution is -2.71. The monoisotopic (exact) mass is 424 g/mol. The van der Waals surface area contributed by atoms with Gasteiger partial charge >= 0.3 is 12.2 Å². The number of nitrogens with one attached hydrogen (secondary N) is 2. The summed E-state index contributed by atoms with van der Waals surface area (Å²) < 4.78 is 39.0. The van der Waals surface area contributed by atoms with E-state index in [-0.39, 0.29) is 29.7 Å². The molecule has 10 heteroatoms. The van der Waals surface area contributed by atoms with Crippen LogP contribution >= 0.6 is 0 Å². The fraction of sp³-hybridized carbons (Fsp3) is 0.850. The number of hydrogen-bond acceptors (Lipinski definition) is 4. The highest BCUT2D eigenvalue weighted by Gasteiger charge is 2.64. The van der Waals surface area contributed by atoms with Crippen LogP contribution in [-0.4, -0.2) is 75.5 Å². The number of alkyl halides is 3. The van der Waals surface area contributed by atoms with E-state index in [4.69, 9.17) is 0 Å². The molecule has 0 bridgehead atoms. The van der Waals surface area contributed by atoms with Crippen molar-refractivity contribution in [3.8, 4) is 0 Å². The summed E-state index contributed by atoms with van der Waals surface area (Å²) in [6.45, 7) is 3.61. The first-order valence-electron chi connectivity index (χ1n) is 10.9. The van der Waals surface area contributed by atoms with E-state index in [1.165, 1.54) is 6.33 Å². The van der Waals surface area contributed by atoms with Crippen molar-refractivity contribution in [2.45, 2.75) is 56.2 Å². The second-order valence-electron chi connectivity index (χ2n) is 10.7. The Morgan fingerprint density at radius 1 is 1.10 bits per heavy atom. The normalized spacial score (nSPS) is 28.6. The van der Waals surface area contributed by atoms with Gasteiger partial charge < -0.3 is 15.1 Å². The van der Waals surface area contributed by atoms with Crippen LogP contribution in [0.1, 0.15) is 50.3 Å². The number of likely N-dealkylation sites (tertiary alicyclic amines) is 2. The number of urea groups is 1. The average Bonchev–Trinajstić information content (AvgIpc) is 3.16. The van der Waals surface area contributed by atoms with Gasteiger partial charge in [-0.3, -0.25) is 5.10 Å². The Labute approximate surface area is 172 Å². The first-order chi connectivity index (χ1) is 14.2. The lowest BCUT2D eigenvalue weighted by molar-refractivity contribution is -0.168. The van der Waals surface area contributed by atoms with E-state index >= 15 is 0 Å². The summed E-state index contributed by atoms with van der Waals surface area (Å²) in [5, 5.41) is 9.63. The highest BCUT2D eigenvalue weighted by atomic mass is 19.4. The molecule has 0 atom stereocenters. The maximum atomic E-state index is 13.0. The van der Waals surface area contributed by atoms with E-state index in [0.29, 0.717) is 18.4 Å². The molecule has 2 aliphatic heterocycles. The van der Waals surface area contributed by atoms with Crippen molar-refractivity contribution >= 4 is 6.03 Å². The largest absolute Gasteiger partial charge is 0.406 e. The molecule has 2 saturated heterocycles. The minimum absolute atomic E-state index is 0.130. The van der Waals surface area contributed by atoms with E-state index in [0.717, 1.165) is 57.7 Å². The number of carbonyl (C=O) groups excluding carboxylic acids is 1. The predicted octanol–water partition coefficient (Wildman–Crippen LogP) is 2.50. The minimum atomic E-state index is -4.14. The lowest BCUT2D eigenvalue weighted by atomic mass is 9.57. The van der Waals surface area contributed by atoms with Gasteiger partial charge in [0.05, 0.1) is 0 Å². The molecule has 2 spiro atoms. The first-order valence-corrected chi connectivity index (χ1v) is 10.9. The van der Waals surface area contributed by atoms with Gasteiger partial charge in [0, 0.05) is 42.9 Å². The number of amides is 2. The zero-order chi connectivity index (χ0) is 20.8. The van der Waals surface area contributed by atoms with Crippen LogP contribution in [0.3, 0.4) is 0 Å². The molecule has 164 valence electrons. The molecule has 0 radical (unpaired) electrons. The van der Waals surface area contributed by atoms with Gasteiger partial charge in [-0.1, -0.05) is 0 Å². The average molecular weight is 424 g/mol. The number of hydrogen-bond donors (Lipinski definition) is 2. The summed E-state index contributed by atoms with van der Waals surface area (Å²) in [7, 11) is 0. The van der Waals surface area contributed by atoms with E-state index in [1.807, 2.05) is 9.80 Å². The molecule has 7 nitrogen and oxygen atoms in total. The van der Waals surface area contributed by atoms with Crippen LogP contribution in [0.2, 0.25) is 0 Å². The third-order valence-electron chi connectivity index (χ3n) is 8.29. The van der Waals surface area contributed by atoms with Crippen LogP contribution in [0.25, 0.3) is 0 Å². The molecule has 5 fully saturated rings. The Morgan fingerprint density at radius 2 is 1.70 bits per heavy atom. The Bertz CT molecular complexity index is 823. The first kappa shape index (κ1) is 18.9. The summed E-state index contributed by atoms with van der Waals surface area (Å²) in [5.41, 5.74) is -1.19. The summed E-state index contributed by atoms with van der Waals surface area (Å²) in [6.07, 6.45) is 1.78. The fourth-order valence-corrected chi connectivity index (χ4v) is 6.44. The van der Waals surface area contributed by atoms with Gasteiger partial charge in [-0.25, -0.2) is 9.78 Å². The molecule has 0 unspecified atom stereocenters. The number of aromatic amines is 1. The number of halogens is 3. The van der Waals surface area contributed by atoms with Crippen molar-refractivity contribution in [3.63, 3.8) is 0 Å². The Balaban J connectivity index is 0.913. The van der Waals surface area contributed by atoms with Gasteiger partial charge in [-0.05, 0) is 51.0 Å². The number of carbonyl (C=O) groups is 1. The molecule has 3 saturated carbocycles. The summed E-state index contributed by atoms with van der Waals surface area (Å²) in [4.78, 5) is 20.8. The smallest absolute Gasteiger partial charge is 0.323 e. The zero-order valence-corrected chi connectivity index (χ0v) is 16.8. The lowest BCUT2D eigenvalue weighted by Gasteiger charge is -2.63. The van der Waals surface area contributed by atoms with E-state index in [2.05, 4.69) is 20.5 Å². The molecule has 3 aliphatic carbocycles. The fourth-order valence-electron chi connectivity index (χ4n) is 6.44. The van der Waals surface area contributed by atoms with Crippen molar-refractivity contribution in [2.24, 2.45) is 16.7 Å². The SMILES string of the molecule is O=C(N1CC2(CC(CNC3(C(F)(F)F)CC3)C2)C1)N1CC2(CC(c3ncn[nH]3)C2)C1. The van der Waals surface area contributed by atoms with E-state index in [1.54, 1.807) is 0 Å². The van der Waals surface area contributed by atoms with Crippen molar-refractivity contribution < 1.29 is 18.0 Å². The number of aromatic nitrogens is 3. The Morgan fingerprint density at radius 3 is 2.20 bits per heavy atom. The van der Waals surface area contributed by atoms with Crippen LogP contribution < -0.4 is 5.32 Å². The second-order valence-corrected chi connectivity index (χ2v) is 10.7. The van der Waals surface area contributed by atoms with Gasteiger partial charge in [-0.15, -0.1) is 0 Å². The summed E-state index contributed by atoms with van der Waals surface area (Å²) >= 11 is 0. The van der Waals surface area contributed by atoms with Gasteiger partial charge in [0.1, 0.15) is 17.7 Å². The molecule has 5 aliphatic rings. The number of rotatable bonds is 4. The molecule has 2 amide bonds. The Hall–Kier alpha value is -1.84. The number of H-pyrrole nitrogens is 1. The van der Waals surface area contributed by atoms with Crippen molar-refractivity contribution in [1.82, 2.24) is 30.3 Å². The molecule has 1 aromatic heterocycles. The van der Waals surface area contributed by atoms with Gasteiger partial charge in [0.15, 0.2) is 0 Å².